The van der Waals surface area contributed by atoms with Gasteiger partial charge in [-0.15, -0.1) is 0 Å². The molecule has 0 aromatic heterocycles. The van der Waals surface area contributed by atoms with Crippen LogP contribution in [0.15, 0.2) is 30.3 Å². The molecule has 0 fully saturated rings. The van der Waals surface area contributed by atoms with Crippen LogP contribution in [0, 0.1) is 0 Å². The van der Waals surface area contributed by atoms with Crippen LogP contribution in [-0.4, -0.2) is 32.8 Å². The fourth-order valence-electron chi connectivity index (χ4n) is 1.52. The van der Waals surface area contributed by atoms with Gasteiger partial charge in [-0.3, -0.25) is 4.79 Å². The summed E-state index contributed by atoms with van der Waals surface area (Å²) in [5.41, 5.74) is 5.63. The Morgan fingerprint density at radius 1 is 1.17 bits per heavy atom. The highest BCUT2D eigenvalue weighted by atomic mass is 32.2. The molecule has 1 aromatic carbocycles. The summed E-state index contributed by atoms with van der Waals surface area (Å²) >= 11 is 0. The molecule has 0 aliphatic carbocycles. The standard InChI is InChI=1S/C12H16O3S.CH5N/c1-11(13)10-16(14,15)9-5-8-12-6-3-2-4-7-12;1-2/h2-4,6-7H,5,8-10H2,1H3;2H2,1H3. The first-order valence-electron chi connectivity index (χ1n) is 5.81. The number of sulfone groups is 1. The van der Waals surface area contributed by atoms with Gasteiger partial charge in [-0.05, 0) is 32.4 Å². The predicted molar refractivity (Wildman–Crippen MR) is 74.2 cm³/mol. The van der Waals surface area contributed by atoms with Gasteiger partial charge in [0.15, 0.2) is 9.84 Å². The van der Waals surface area contributed by atoms with E-state index in [1.54, 1.807) is 0 Å². The van der Waals surface area contributed by atoms with E-state index in [2.05, 4.69) is 5.73 Å². The number of ketones is 1. The monoisotopic (exact) mass is 271 g/mol. The van der Waals surface area contributed by atoms with Crippen LogP contribution in [0.5, 0.6) is 0 Å². The van der Waals surface area contributed by atoms with Gasteiger partial charge in [-0.2, -0.15) is 0 Å². The number of benzene rings is 1. The van der Waals surface area contributed by atoms with Crippen LogP contribution in [-0.2, 0) is 21.1 Å². The molecule has 5 heteroatoms. The second-order valence-corrected chi connectivity index (χ2v) is 6.07. The summed E-state index contributed by atoms with van der Waals surface area (Å²) in [6.45, 7) is 1.30. The minimum Gasteiger partial charge on any atom is -0.333 e. The summed E-state index contributed by atoms with van der Waals surface area (Å²) in [5.74, 6) is -0.539. The molecule has 0 bridgehead atoms. The molecule has 0 saturated carbocycles. The molecule has 0 aliphatic heterocycles. The molecule has 0 atom stereocenters. The number of hydrogen-bond donors (Lipinski definition) is 1. The first kappa shape index (κ1) is 16.8. The van der Waals surface area contributed by atoms with Gasteiger partial charge >= 0.3 is 0 Å². The Hall–Kier alpha value is -1.20. The van der Waals surface area contributed by atoms with Crippen molar-refractivity contribution in [2.75, 3.05) is 18.6 Å². The van der Waals surface area contributed by atoms with Crippen LogP contribution < -0.4 is 5.73 Å². The lowest BCUT2D eigenvalue weighted by molar-refractivity contribution is -0.114. The number of carbonyl (C=O) groups excluding carboxylic acids is 1. The predicted octanol–water partition coefficient (Wildman–Crippen LogP) is 1.20. The van der Waals surface area contributed by atoms with Gasteiger partial charge in [0.25, 0.3) is 0 Å². The average molecular weight is 271 g/mol. The maximum absolute atomic E-state index is 11.4. The van der Waals surface area contributed by atoms with Crippen LogP contribution in [0.25, 0.3) is 0 Å². The van der Waals surface area contributed by atoms with Gasteiger partial charge in [-0.25, -0.2) is 8.42 Å². The van der Waals surface area contributed by atoms with Crippen molar-refractivity contribution < 1.29 is 13.2 Å². The van der Waals surface area contributed by atoms with E-state index in [9.17, 15) is 13.2 Å². The zero-order valence-corrected chi connectivity index (χ0v) is 11.7. The number of rotatable bonds is 6. The Morgan fingerprint density at radius 2 is 1.72 bits per heavy atom. The van der Waals surface area contributed by atoms with Crippen molar-refractivity contribution in [1.82, 2.24) is 0 Å². The van der Waals surface area contributed by atoms with Crippen LogP contribution in [0.1, 0.15) is 18.9 Å². The highest BCUT2D eigenvalue weighted by Crippen LogP contribution is 2.04. The van der Waals surface area contributed by atoms with E-state index in [1.807, 2.05) is 30.3 Å². The van der Waals surface area contributed by atoms with E-state index >= 15 is 0 Å². The molecule has 1 rings (SSSR count). The van der Waals surface area contributed by atoms with E-state index in [0.29, 0.717) is 6.42 Å². The lowest BCUT2D eigenvalue weighted by atomic mass is 10.1. The molecule has 102 valence electrons. The molecule has 2 N–H and O–H groups in total. The first-order chi connectivity index (χ1) is 8.49. The molecule has 0 heterocycles. The van der Waals surface area contributed by atoms with E-state index in [-0.39, 0.29) is 17.3 Å². The van der Waals surface area contributed by atoms with Crippen LogP contribution in [0.3, 0.4) is 0 Å². The molecule has 0 amide bonds. The second kappa shape index (κ2) is 8.83. The number of nitrogens with two attached hydrogens (primary N) is 1. The normalized spacial score (nSPS) is 10.4. The van der Waals surface area contributed by atoms with Crippen molar-refractivity contribution in [3.05, 3.63) is 35.9 Å². The molecule has 18 heavy (non-hydrogen) atoms. The van der Waals surface area contributed by atoms with E-state index in [0.717, 1.165) is 12.0 Å². The van der Waals surface area contributed by atoms with Gasteiger partial charge in [0.1, 0.15) is 11.5 Å². The van der Waals surface area contributed by atoms with Crippen molar-refractivity contribution >= 4 is 15.6 Å². The fraction of sp³-hybridized carbons (Fsp3) is 0.462. The van der Waals surface area contributed by atoms with Crippen molar-refractivity contribution in [3.8, 4) is 0 Å². The minimum atomic E-state index is -3.20. The molecule has 1 aromatic rings. The number of aryl methyl sites for hydroxylation is 1. The molecule has 0 saturated heterocycles. The average Bonchev–Trinajstić information content (AvgIpc) is 2.31. The lowest BCUT2D eigenvalue weighted by Gasteiger charge is -2.02. The lowest BCUT2D eigenvalue weighted by Crippen LogP contribution is -2.17. The smallest absolute Gasteiger partial charge is 0.157 e. The van der Waals surface area contributed by atoms with E-state index in [4.69, 9.17) is 0 Å². The number of Topliss-reactive ketones (excluding diaryl/α,β-unsaturated/α-hetero) is 1. The van der Waals surface area contributed by atoms with E-state index < -0.39 is 9.84 Å². The van der Waals surface area contributed by atoms with Crippen LogP contribution in [0.2, 0.25) is 0 Å². The minimum absolute atomic E-state index is 0.0848. The second-order valence-electron chi connectivity index (χ2n) is 3.88. The van der Waals surface area contributed by atoms with Gasteiger partial charge in [0.05, 0.1) is 5.75 Å². The summed E-state index contributed by atoms with van der Waals surface area (Å²) in [4.78, 5) is 10.7. The number of hydrogen-bond acceptors (Lipinski definition) is 4. The molecule has 0 radical (unpaired) electrons. The SMILES string of the molecule is CC(=O)CS(=O)(=O)CCCc1ccccc1.CN. The highest BCUT2D eigenvalue weighted by molar-refractivity contribution is 7.92. The van der Waals surface area contributed by atoms with Gasteiger partial charge in [0, 0.05) is 0 Å². The van der Waals surface area contributed by atoms with Crippen molar-refractivity contribution in [2.45, 2.75) is 19.8 Å². The molecular formula is C13H21NO3S. The van der Waals surface area contributed by atoms with Gasteiger partial charge in [0.2, 0.25) is 0 Å². The zero-order valence-electron chi connectivity index (χ0n) is 10.9. The largest absolute Gasteiger partial charge is 0.333 e. The summed E-state index contributed by atoms with van der Waals surface area (Å²) in [6, 6.07) is 9.73. The fourth-order valence-corrected chi connectivity index (χ4v) is 2.87. The summed E-state index contributed by atoms with van der Waals surface area (Å²) in [6.07, 6.45) is 1.30. The third-order valence-electron chi connectivity index (χ3n) is 2.19. The maximum Gasteiger partial charge on any atom is 0.157 e. The first-order valence-corrected chi connectivity index (χ1v) is 7.63. The topological polar surface area (TPSA) is 77.2 Å². The van der Waals surface area contributed by atoms with E-state index in [1.165, 1.54) is 14.0 Å². The molecule has 0 unspecified atom stereocenters. The molecule has 0 spiro atoms. The third-order valence-corrected chi connectivity index (χ3v) is 3.94. The molecule has 4 nitrogen and oxygen atoms in total. The molecular weight excluding hydrogens is 250 g/mol. The van der Waals surface area contributed by atoms with Gasteiger partial charge < -0.3 is 5.73 Å². The molecule has 0 aliphatic rings. The number of carbonyl (C=O) groups is 1. The highest BCUT2D eigenvalue weighted by Gasteiger charge is 2.12. The van der Waals surface area contributed by atoms with Crippen molar-refractivity contribution in [2.24, 2.45) is 5.73 Å². The quantitative estimate of drug-likeness (QED) is 0.843. The van der Waals surface area contributed by atoms with Crippen molar-refractivity contribution in [3.63, 3.8) is 0 Å². The van der Waals surface area contributed by atoms with Crippen LogP contribution in [0.4, 0.5) is 0 Å². The van der Waals surface area contributed by atoms with Crippen molar-refractivity contribution in [1.29, 1.82) is 0 Å². The van der Waals surface area contributed by atoms with Gasteiger partial charge in [-0.1, -0.05) is 30.3 Å². The summed E-state index contributed by atoms with van der Waals surface area (Å²) < 4.78 is 22.8. The summed E-state index contributed by atoms with van der Waals surface area (Å²) in [7, 11) is -1.70. The Bertz CT molecular complexity index is 441. The Labute approximate surface area is 109 Å². The Balaban J connectivity index is 0.00000137. The zero-order chi connectivity index (χ0) is 14.0. The third kappa shape index (κ3) is 7.97. The van der Waals surface area contributed by atoms with Crippen LogP contribution >= 0.6 is 0 Å². The Morgan fingerprint density at radius 3 is 2.22 bits per heavy atom. The summed E-state index contributed by atoms with van der Waals surface area (Å²) in [5, 5.41) is 0. The Kier molecular flexibility index (Phi) is 8.24. The maximum atomic E-state index is 11.4.